The van der Waals surface area contributed by atoms with Crippen molar-refractivity contribution in [3.05, 3.63) is 60.3 Å². The highest BCUT2D eigenvalue weighted by molar-refractivity contribution is 5.97. The van der Waals surface area contributed by atoms with E-state index in [9.17, 15) is 4.79 Å². The number of anilines is 1. The first-order valence-corrected chi connectivity index (χ1v) is 6.53. The molecule has 3 aromatic rings. The average Bonchev–Trinajstić information content (AvgIpc) is 2.95. The summed E-state index contributed by atoms with van der Waals surface area (Å²) >= 11 is 0. The zero-order valence-corrected chi connectivity index (χ0v) is 11.1. The van der Waals surface area contributed by atoms with Gasteiger partial charge in [-0.05, 0) is 30.7 Å². The van der Waals surface area contributed by atoms with Gasteiger partial charge in [0.05, 0.1) is 17.6 Å². The highest BCUT2D eigenvalue weighted by atomic mass is 16.1. The molecule has 3 rings (SSSR count). The summed E-state index contributed by atoms with van der Waals surface area (Å²) in [6.07, 6.45) is 1.74. The topological polar surface area (TPSA) is 57.8 Å². The van der Waals surface area contributed by atoms with E-state index in [0.717, 1.165) is 22.2 Å². The smallest absolute Gasteiger partial charge is 0.231 e. The van der Waals surface area contributed by atoms with E-state index >= 15 is 0 Å². The lowest BCUT2D eigenvalue weighted by Gasteiger charge is -2.12. The maximum atomic E-state index is 12.3. The van der Waals surface area contributed by atoms with Crippen molar-refractivity contribution in [2.75, 3.05) is 5.32 Å². The van der Waals surface area contributed by atoms with Crippen LogP contribution in [0, 0.1) is 0 Å². The third kappa shape index (κ3) is 2.40. The molecular formula is C16H15N3O. The van der Waals surface area contributed by atoms with Crippen molar-refractivity contribution in [3.63, 3.8) is 0 Å². The number of amides is 1. The number of aromatic amines is 1. The summed E-state index contributed by atoms with van der Waals surface area (Å²) in [4.78, 5) is 12.3. The summed E-state index contributed by atoms with van der Waals surface area (Å²) in [6.45, 7) is 1.90. The third-order valence-electron chi connectivity index (χ3n) is 3.40. The lowest BCUT2D eigenvalue weighted by molar-refractivity contribution is -0.117. The summed E-state index contributed by atoms with van der Waals surface area (Å²) in [7, 11) is 0. The van der Waals surface area contributed by atoms with Gasteiger partial charge in [0.1, 0.15) is 0 Å². The largest absolute Gasteiger partial charge is 0.326 e. The first-order valence-electron chi connectivity index (χ1n) is 6.53. The Balaban J connectivity index is 1.78. The Labute approximate surface area is 116 Å². The van der Waals surface area contributed by atoms with Crippen LogP contribution in [0.25, 0.3) is 10.9 Å². The van der Waals surface area contributed by atoms with Crippen LogP contribution in [0.2, 0.25) is 0 Å². The number of benzene rings is 2. The Morgan fingerprint density at radius 3 is 2.80 bits per heavy atom. The lowest BCUT2D eigenvalue weighted by atomic mass is 10.0. The van der Waals surface area contributed by atoms with E-state index in [-0.39, 0.29) is 11.8 Å². The summed E-state index contributed by atoms with van der Waals surface area (Å²) in [5.74, 6) is -0.199. The van der Waals surface area contributed by atoms with Crippen molar-refractivity contribution in [2.45, 2.75) is 12.8 Å². The van der Waals surface area contributed by atoms with Gasteiger partial charge in [-0.15, -0.1) is 0 Å². The number of rotatable bonds is 3. The minimum absolute atomic E-state index is 0.0148. The predicted octanol–water partition coefficient (Wildman–Crippen LogP) is 3.31. The molecule has 0 saturated carbocycles. The number of carbonyl (C=O) groups is 1. The second kappa shape index (κ2) is 5.17. The van der Waals surface area contributed by atoms with Gasteiger partial charge in [-0.3, -0.25) is 9.89 Å². The number of carbonyl (C=O) groups excluding carboxylic acids is 1. The maximum Gasteiger partial charge on any atom is 0.231 e. The second-order valence-corrected chi connectivity index (χ2v) is 4.79. The fourth-order valence-electron chi connectivity index (χ4n) is 2.16. The number of hydrogen-bond donors (Lipinski definition) is 2. The summed E-state index contributed by atoms with van der Waals surface area (Å²) in [5.41, 5.74) is 2.75. The number of hydrogen-bond acceptors (Lipinski definition) is 2. The van der Waals surface area contributed by atoms with Crippen LogP contribution in [0.1, 0.15) is 18.4 Å². The molecule has 0 aliphatic carbocycles. The summed E-state index contributed by atoms with van der Waals surface area (Å²) < 4.78 is 0. The first-order chi connectivity index (χ1) is 9.74. The summed E-state index contributed by atoms with van der Waals surface area (Å²) in [6, 6.07) is 15.4. The van der Waals surface area contributed by atoms with E-state index in [1.807, 2.05) is 55.5 Å². The Morgan fingerprint density at radius 2 is 2.00 bits per heavy atom. The molecule has 0 spiro atoms. The van der Waals surface area contributed by atoms with Gasteiger partial charge < -0.3 is 5.32 Å². The van der Waals surface area contributed by atoms with E-state index in [1.54, 1.807) is 6.20 Å². The van der Waals surface area contributed by atoms with Crippen molar-refractivity contribution in [1.82, 2.24) is 10.2 Å². The Hall–Kier alpha value is -2.62. The monoisotopic (exact) mass is 265 g/mol. The quantitative estimate of drug-likeness (QED) is 0.763. The Morgan fingerprint density at radius 1 is 1.20 bits per heavy atom. The Bertz CT molecular complexity index is 734. The molecule has 0 aliphatic rings. The fraction of sp³-hybridized carbons (Fsp3) is 0.125. The van der Waals surface area contributed by atoms with Crippen LogP contribution in [0.15, 0.2) is 54.7 Å². The lowest BCUT2D eigenvalue weighted by Crippen LogP contribution is -2.18. The van der Waals surface area contributed by atoms with E-state index in [0.29, 0.717) is 0 Å². The molecule has 1 atom stereocenters. The highest BCUT2D eigenvalue weighted by Gasteiger charge is 2.15. The first kappa shape index (κ1) is 12.4. The molecule has 0 radical (unpaired) electrons. The van der Waals surface area contributed by atoms with Crippen molar-refractivity contribution in [3.8, 4) is 0 Å². The minimum atomic E-state index is -0.184. The molecule has 0 fully saturated rings. The molecular weight excluding hydrogens is 250 g/mol. The van der Waals surface area contributed by atoms with E-state index < -0.39 is 0 Å². The number of nitrogens with zero attached hydrogens (tertiary/aromatic N) is 1. The third-order valence-corrected chi connectivity index (χ3v) is 3.40. The molecule has 1 amide bonds. The molecule has 4 nitrogen and oxygen atoms in total. The molecule has 2 N–H and O–H groups in total. The van der Waals surface area contributed by atoms with E-state index in [4.69, 9.17) is 0 Å². The number of aromatic nitrogens is 2. The molecule has 1 heterocycles. The predicted molar refractivity (Wildman–Crippen MR) is 79.6 cm³/mol. The molecule has 100 valence electrons. The Kier molecular flexibility index (Phi) is 3.21. The van der Waals surface area contributed by atoms with Crippen LogP contribution in [0.4, 0.5) is 5.69 Å². The molecule has 2 aromatic carbocycles. The van der Waals surface area contributed by atoms with Gasteiger partial charge in [-0.25, -0.2) is 0 Å². The van der Waals surface area contributed by atoms with Crippen LogP contribution in [-0.2, 0) is 4.79 Å². The maximum absolute atomic E-state index is 12.3. The minimum Gasteiger partial charge on any atom is -0.326 e. The van der Waals surface area contributed by atoms with Gasteiger partial charge >= 0.3 is 0 Å². The zero-order valence-electron chi connectivity index (χ0n) is 11.1. The van der Waals surface area contributed by atoms with Crippen LogP contribution in [0.5, 0.6) is 0 Å². The van der Waals surface area contributed by atoms with Crippen LogP contribution >= 0.6 is 0 Å². The standard InChI is InChI=1S/C16H15N3O/c1-11(12-5-3-2-4-6-12)16(20)18-14-7-8-15-13(9-14)10-17-19-15/h2-11H,1H3,(H,17,19)(H,18,20). The summed E-state index contributed by atoms with van der Waals surface area (Å²) in [5, 5.41) is 10.8. The molecule has 0 saturated heterocycles. The van der Waals surface area contributed by atoms with Gasteiger partial charge in [0, 0.05) is 11.1 Å². The number of H-pyrrole nitrogens is 1. The van der Waals surface area contributed by atoms with Crippen LogP contribution < -0.4 is 5.32 Å². The molecule has 4 heteroatoms. The molecule has 0 bridgehead atoms. The highest BCUT2D eigenvalue weighted by Crippen LogP contribution is 2.20. The second-order valence-electron chi connectivity index (χ2n) is 4.79. The van der Waals surface area contributed by atoms with Gasteiger partial charge in [-0.2, -0.15) is 5.10 Å². The zero-order chi connectivity index (χ0) is 13.9. The fourth-order valence-corrected chi connectivity index (χ4v) is 2.16. The van der Waals surface area contributed by atoms with Crippen molar-refractivity contribution < 1.29 is 4.79 Å². The van der Waals surface area contributed by atoms with Gasteiger partial charge in [-0.1, -0.05) is 30.3 Å². The molecule has 1 unspecified atom stereocenters. The SMILES string of the molecule is CC(C(=O)Nc1ccc2[nH]ncc2c1)c1ccccc1. The van der Waals surface area contributed by atoms with Gasteiger partial charge in [0.15, 0.2) is 0 Å². The van der Waals surface area contributed by atoms with Gasteiger partial charge in [0.25, 0.3) is 0 Å². The molecule has 1 aromatic heterocycles. The molecule has 0 aliphatic heterocycles. The van der Waals surface area contributed by atoms with Crippen molar-refractivity contribution in [1.29, 1.82) is 0 Å². The normalized spacial score (nSPS) is 12.2. The van der Waals surface area contributed by atoms with Gasteiger partial charge in [0.2, 0.25) is 5.91 Å². The van der Waals surface area contributed by atoms with E-state index in [2.05, 4.69) is 15.5 Å². The van der Waals surface area contributed by atoms with Crippen molar-refractivity contribution >= 4 is 22.5 Å². The van der Waals surface area contributed by atoms with Crippen LogP contribution in [-0.4, -0.2) is 16.1 Å². The van der Waals surface area contributed by atoms with E-state index in [1.165, 1.54) is 0 Å². The number of nitrogens with one attached hydrogen (secondary N) is 2. The molecule has 20 heavy (non-hydrogen) atoms. The number of fused-ring (bicyclic) bond motifs is 1. The van der Waals surface area contributed by atoms with Crippen molar-refractivity contribution in [2.24, 2.45) is 0 Å². The average molecular weight is 265 g/mol. The van der Waals surface area contributed by atoms with Crippen LogP contribution in [0.3, 0.4) is 0 Å².